The van der Waals surface area contributed by atoms with Crippen LogP contribution in [0, 0.1) is 0 Å². The summed E-state index contributed by atoms with van der Waals surface area (Å²) in [5.41, 5.74) is 1.42. The molecule has 5 nitrogen and oxygen atoms in total. The first-order valence-corrected chi connectivity index (χ1v) is 6.17. The molecule has 1 aromatic rings. The number of amides is 1. The molecule has 1 aliphatic heterocycles. The molecule has 0 radical (unpaired) electrons. The zero-order chi connectivity index (χ0) is 13.1. The Morgan fingerprint density at radius 1 is 1.56 bits per heavy atom. The molecule has 2 heterocycles. The molecule has 0 bridgehead atoms. The largest absolute Gasteiger partial charge is 0.386 e. The lowest BCUT2D eigenvalue weighted by Gasteiger charge is -2.37. The fourth-order valence-corrected chi connectivity index (χ4v) is 2.12. The van der Waals surface area contributed by atoms with Crippen molar-refractivity contribution in [2.75, 3.05) is 25.5 Å². The van der Waals surface area contributed by atoms with Crippen molar-refractivity contribution in [1.29, 1.82) is 0 Å². The van der Waals surface area contributed by atoms with Crippen LogP contribution in [0.1, 0.15) is 24.2 Å². The Hall–Kier alpha value is -1.62. The molecule has 0 aromatic carbocycles. The number of hydrogen-bond donors (Lipinski definition) is 1. The third-order valence-corrected chi connectivity index (χ3v) is 3.19. The Labute approximate surface area is 107 Å². The number of morpholine rings is 1. The lowest BCUT2D eigenvalue weighted by molar-refractivity contribution is -0.0386. The van der Waals surface area contributed by atoms with Gasteiger partial charge in [0.1, 0.15) is 0 Å². The molecule has 2 atom stereocenters. The van der Waals surface area contributed by atoms with Gasteiger partial charge in [0.15, 0.2) is 0 Å². The van der Waals surface area contributed by atoms with Crippen LogP contribution in [0.3, 0.4) is 0 Å². The Kier molecular flexibility index (Phi) is 3.81. The van der Waals surface area contributed by atoms with Gasteiger partial charge in [-0.1, -0.05) is 0 Å². The number of nitrogens with one attached hydrogen (secondary N) is 1. The highest BCUT2D eigenvalue weighted by molar-refractivity contribution is 5.99. The number of ether oxygens (including phenoxy) is 1. The van der Waals surface area contributed by atoms with Gasteiger partial charge < -0.3 is 15.0 Å². The Balaban J connectivity index is 2.24. The highest BCUT2D eigenvalue weighted by atomic mass is 16.5. The van der Waals surface area contributed by atoms with E-state index < -0.39 is 0 Å². The second kappa shape index (κ2) is 5.35. The third-order valence-electron chi connectivity index (χ3n) is 3.19. The van der Waals surface area contributed by atoms with Crippen LogP contribution >= 0.6 is 0 Å². The monoisotopic (exact) mass is 249 g/mol. The van der Waals surface area contributed by atoms with Gasteiger partial charge in [0.25, 0.3) is 5.91 Å². The molecule has 2 rings (SSSR count). The number of carbonyl (C=O) groups excluding carboxylic acids is 1. The summed E-state index contributed by atoms with van der Waals surface area (Å²) < 4.78 is 5.54. The van der Waals surface area contributed by atoms with Gasteiger partial charge in [0, 0.05) is 19.8 Å². The van der Waals surface area contributed by atoms with Crippen molar-refractivity contribution >= 4 is 11.6 Å². The van der Waals surface area contributed by atoms with E-state index in [9.17, 15) is 4.79 Å². The van der Waals surface area contributed by atoms with E-state index in [2.05, 4.69) is 10.3 Å². The van der Waals surface area contributed by atoms with Crippen molar-refractivity contribution in [3.63, 3.8) is 0 Å². The minimum Gasteiger partial charge on any atom is -0.386 e. The molecular weight excluding hydrogens is 230 g/mol. The summed E-state index contributed by atoms with van der Waals surface area (Å²) in [4.78, 5) is 18.4. The van der Waals surface area contributed by atoms with Crippen molar-refractivity contribution in [1.82, 2.24) is 9.88 Å². The minimum absolute atomic E-state index is 0.0319. The van der Waals surface area contributed by atoms with Crippen LogP contribution in [0.2, 0.25) is 0 Å². The summed E-state index contributed by atoms with van der Waals surface area (Å²) in [6, 6.07) is 1.85. The molecule has 18 heavy (non-hydrogen) atoms. The number of nitrogens with zero attached hydrogens (tertiary/aromatic N) is 2. The normalized spacial score (nSPS) is 23.8. The van der Waals surface area contributed by atoms with Crippen molar-refractivity contribution < 1.29 is 9.53 Å². The fraction of sp³-hybridized carbons (Fsp3) is 0.538. The first-order chi connectivity index (χ1) is 8.63. The second-order valence-electron chi connectivity index (χ2n) is 4.62. The highest BCUT2D eigenvalue weighted by Crippen LogP contribution is 2.19. The topological polar surface area (TPSA) is 54.5 Å². The third kappa shape index (κ3) is 2.46. The average molecular weight is 249 g/mol. The summed E-state index contributed by atoms with van der Waals surface area (Å²) in [6.07, 6.45) is 3.40. The summed E-state index contributed by atoms with van der Waals surface area (Å²) >= 11 is 0. The molecule has 5 heteroatoms. The average Bonchev–Trinajstić information content (AvgIpc) is 2.40. The molecule has 2 unspecified atom stereocenters. The van der Waals surface area contributed by atoms with Gasteiger partial charge in [0.2, 0.25) is 0 Å². The summed E-state index contributed by atoms with van der Waals surface area (Å²) in [7, 11) is 1.79. The summed E-state index contributed by atoms with van der Waals surface area (Å²) in [5, 5.41) is 3.00. The van der Waals surface area contributed by atoms with E-state index in [0.717, 1.165) is 5.69 Å². The van der Waals surface area contributed by atoms with Gasteiger partial charge in [-0.15, -0.1) is 0 Å². The molecule has 0 saturated carbocycles. The SMILES string of the molecule is CNc1cnccc1C(=O)N1CC(C)OCC1C. The van der Waals surface area contributed by atoms with Gasteiger partial charge >= 0.3 is 0 Å². The number of aromatic nitrogens is 1. The van der Waals surface area contributed by atoms with E-state index in [-0.39, 0.29) is 18.1 Å². The number of anilines is 1. The van der Waals surface area contributed by atoms with Gasteiger partial charge in [-0.05, 0) is 19.9 Å². The molecule has 1 aliphatic rings. The van der Waals surface area contributed by atoms with Crippen LogP contribution in [0.15, 0.2) is 18.5 Å². The van der Waals surface area contributed by atoms with Crippen molar-refractivity contribution in [3.05, 3.63) is 24.0 Å². The van der Waals surface area contributed by atoms with E-state index in [4.69, 9.17) is 4.74 Å². The molecule has 0 aliphatic carbocycles. The van der Waals surface area contributed by atoms with Crippen LogP contribution in [0.5, 0.6) is 0 Å². The first kappa shape index (κ1) is 12.8. The maximum absolute atomic E-state index is 12.5. The smallest absolute Gasteiger partial charge is 0.256 e. The van der Waals surface area contributed by atoms with Crippen LogP contribution in [0.25, 0.3) is 0 Å². The minimum atomic E-state index is 0.0319. The number of hydrogen-bond acceptors (Lipinski definition) is 4. The van der Waals surface area contributed by atoms with Gasteiger partial charge in [-0.25, -0.2) is 0 Å². The van der Waals surface area contributed by atoms with E-state index in [1.165, 1.54) is 0 Å². The first-order valence-electron chi connectivity index (χ1n) is 6.17. The van der Waals surface area contributed by atoms with E-state index >= 15 is 0 Å². The van der Waals surface area contributed by atoms with E-state index in [1.807, 2.05) is 18.7 Å². The Morgan fingerprint density at radius 3 is 3.06 bits per heavy atom. The van der Waals surface area contributed by atoms with E-state index in [0.29, 0.717) is 18.7 Å². The van der Waals surface area contributed by atoms with Crippen LogP contribution < -0.4 is 5.32 Å². The van der Waals surface area contributed by atoms with Crippen LogP contribution in [0.4, 0.5) is 5.69 Å². The Bertz CT molecular complexity index is 436. The summed E-state index contributed by atoms with van der Waals surface area (Å²) in [5.74, 6) is 0.0319. The molecule has 1 N–H and O–H groups in total. The number of pyridine rings is 1. The molecule has 1 amide bonds. The molecule has 1 saturated heterocycles. The lowest BCUT2D eigenvalue weighted by Crippen LogP contribution is -2.50. The molecule has 0 spiro atoms. The zero-order valence-electron chi connectivity index (χ0n) is 11.0. The predicted molar refractivity (Wildman–Crippen MR) is 69.7 cm³/mol. The van der Waals surface area contributed by atoms with Gasteiger partial charge in [-0.3, -0.25) is 9.78 Å². The second-order valence-corrected chi connectivity index (χ2v) is 4.62. The van der Waals surface area contributed by atoms with Crippen molar-refractivity contribution in [2.45, 2.75) is 26.0 Å². The zero-order valence-corrected chi connectivity index (χ0v) is 11.0. The number of carbonyl (C=O) groups is 1. The van der Waals surface area contributed by atoms with Crippen LogP contribution in [-0.2, 0) is 4.74 Å². The molecule has 1 fully saturated rings. The lowest BCUT2D eigenvalue weighted by atomic mass is 10.1. The Morgan fingerprint density at radius 2 is 2.33 bits per heavy atom. The standard InChI is InChI=1S/C13H19N3O2/c1-9-8-18-10(2)7-16(9)13(17)11-4-5-15-6-12(11)14-3/h4-6,9-10,14H,7-8H2,1-3H3. The van der Waals surface area contributed by atoms with Crippen molar-refractivity contribution in [2.24, 2.45) is 0 Å². The van der Waals surface area contributed by atoms with Crippen LogP contribution in [-0.4, -0.2) is 48.1 Å². The van der Waals surface area contributed by atoms with Crippen molar-refractivity contribution in [3.8, 4) is 0 Å². The van der Waals surface area contributed by atoms with Gasteiger partial charge in [-0.2, -0.15) is 0 Å². The quantitative estimate of drug-likeness (QED) is 0.860. The van der Waals surface area contributed by atoms with E-state index in [1.54, 1.807) is 25.5 Å². The molecule has 1 aromatic heterocycles. The maximum atomic E-state index is 12.5. The maximum Gasteiger partial charge on any atom is 0.256 e. The van der Waals surface area contributed by atoms with Gasteiger partial charge in [0.05, 0.1) is 36.2 Å². The number of rotatable bonds is 2. The fourth-order valence-electron chi connectivity index (χ4n) is 2.12. The molecule has 98 valence electrons. The highest BCUT2D eigenvalue weighted by Gasteiger charge is 2.29. The molecular formula is C13H19N3O2. The predicted octanol–water partition coefficient (Wildman–Crippen LogP) is 1.37. The summed E-state index contributed by atoms with van der Waals surface area (Å²) in [6.45, 7) is 5.21.